The second kappa shape index (κ2) is 14.3. The number of urea groups is 1. The number of rotatable bonds is 6. The van der Waals surface area contributed by atoms with Gasteiger partial charge >= 0.3 is 6.03 Å². The first-order valence-electron chi connectivity index (χ1n) is 14.7. The molecule has 0 aliphatic carbocycles. The fourth-order valence-electron chi connectivity index (χ4n) is 5.16. The standard InChI is InChI=1S/C32H41N7O3/c1-4-37-15-17-38(18-16-37)19-21-42-28-11-10-27-22-26(28)23-41-20-6-5-14-39(29-12-13-33-31(34-27)35-29)32(40)36-30-24(2)8-7-9-25(30)3/h5-13,22H,4,14-21,23H2,1-3H3,(H,36,40)(H,33,34,35)/b6-5-. The van der Waals surface area contributed by atoms with E-state index in [0.717, 1.165) is 73.1 Å². The molecule has 5 rings (SSSR count). The van der Waals surface area contributed by atoms with Crippen molar-refractivity contribution in [1.82, 2.24) is 19.8 Å². The van der Waals surface area contributed by atoms with Crippen molar-refractivity contribution < 1.29 is 14.3 Å². The number of benzene rings is 2. The Morgan fingerprint density at radius 1 is 1.05 bits per heavy atom. The summed E-state index contributed by atoms with van der Waals surface area (Å²) in [5, 5.41) is 6.35. The van der Waals surface area contributed by atoms with Crippen molar-refractivity contribution in [3.05, 3.63) is 77.5 Å². The molecule has 0 unspecified atom stereocenters. The number of hydrogen-bond donors (Lipinski definition) is 2. The lowest BCUT2D eigenvalue weighted by atomic mass is 10.1. The van der Waals surface area contributed by atoms with E-state index in [0.29, 0.717) is 38.1 Å². The molecule has 2 amide bonds. The molecular formula is C32H41N7O3. The molecule has 0 spiro atoms. The van der Waals surface area contributed by atoms with E-state index >= 15 is 0 Å². The maximum absolute atomic E-state index is 13.5. The Bertz CT molecular complexity index is 1370. The highest BCUT2D eigenvalue weighted by atomic mass is 16.5. The third-order valence-electron chi connectivity index (χ3n) is 7.70. The zero-order valence-corrected chi connectivity index (χ0v) is 24.8. The van der Waals surface area contributed by atoms with Crippen molar-refractivity contribution in [3.63, 3.8) is 0 Å². The summed E-state index contributed by atoms with van der Waals surface area (Å²) in [7, 11) is 0. The molecule has 1 saturated heterocycles. The van der Waals surface area contributed by atoms with E-state index in [-0.39, 0.29) is 6.03 Å². The predicted molar refractivity (Wildman–Crippen MR) is 167 cm³/mol. The molecule has 1 fully saturated rings. The van der Waals surface area contributed by atoms with Gasteiger partial charge in [0.05, 0.1) is 13.2 Å². The van der Waals surface area contributed by atoms with Gasteiger partial charge < -0.3 is 25.0 Å². The van der Waals surface area contributed by atoms with Gasteiger partial charge in [0.1, 0.15) is 18.2 Å². The summed E-state index contributed by atoms with van der Waals surface area (Å²) in [4.78, 5) is 29.1. The van der Waals surface area contributed by atoms with Crippen LogP contribution in [0.3, 0.4) is 0 Å². The topological polar surface area (TPSA) is 95.1 Å². The van der Waals surface area contributed by atoms with Crippen LogP contribution in [0.2, 0.25) is 0 Å². The van der Waals surface area contributed by atoms with Crippen molar-refractivity contribution >= 4 is 29.2 Å². The first-order chi connectivity index (χ1) is 20.5. The van der Waals surface area contributed by atoms with Crippen LogP contribution in [0.5, 0.6) is 5.75 Å². The molecule has 0 atom stereocenters. The molecule has 2 N–H and O–H groups in total. The largest absolute Gasteiger partial charge is 0.492 e. The van der Waals surface area contributed by atoms with Gasteiger partial charge in [-0.2, -0.15) is 4.98 Å². The van der Waals surface area contributed by atoms with E-state index in [4.69, 9.17) is 9.47 Å². The van der Waals surface area contributed by atoms with E-state index in [2.05, 4.69) is 37.3 Å². The molecule has 2 aromatic carbocycles. The van der Waals surface area contributed by atoms with Crippen LogP contribution in [-0.2, 0) is 11.3 Å². The van der Waals surface area contributed by atoms with Gasteiger partial charge in [-0.15, -0.1) is 0 Å². The molecule has 3 aromatic rings. The number of nitrogens with zero attached hydrogens (tertiary/aromatic N) is 5. The summed E-state index contributed by atoms with van der Waals surface area (Å²) < 4.78 is 12.2. The summed E-state index contributed by atoms with van der Waals surface area (Å²) in [5.74, 6) is 1.69. The number of carbonyl (C=O) groups excluding carboxylic acids is 1. The van der Waals surface area contributed by atoms with Crippen molar-refractivity contribution in [2.45, 2.75) is 27.4 Å². The summed E-state index contributed by atoms with van der Waals surface area (Å²) in [5.41, 5.74) is 4.56. The number of likely N-dealkylation sites (N-methyl/N-ethyl adjacent to an activating group) is 1. The minimum atomic E-state index is -0.272. The molecule has 2 aliphatic rings. The molecule has 4 bridgehead atoms. The van der Waals surface area contributed by atoms with Crippen molar-refractivity contribution in [3.8, 4) is 5.75 Å². The third kappa shape index (κ3) is 7.64. The molecule has 3 heterocycles. The molecule has 2 aliphatic heterocycles. The van der Waals surface area contributed by atoms with Gasteiger partial charge in [-0.3, -0.25) is 9.80 Å². The number of aromatic nitrogens is 2. The van der Waals surface area contributed by atoms with Gasteiger partial charge in [-0.1, -0.05) is 37.3 Å². The van der Waals surface area contributed by atoms with Crippen LogP contribution >= 0.6 is 0 Å². The van der Waals surface area contributed by atoms with Crippen molar-refractivity contribution in [1.29, 1.82) is 0 Å². The predicted octanol–water partition coefficient (Wildman–Crippen LogP) is 4.98. The molecule has 222 valence electrons. The first-order valence-corrected chi connectivity index (χ1v) is 14.7. The van der Waals surface area contributed by atoms with E-state index in [1.54, 1.807) is 17.2 Å². The molecule has 10 nitrogen and oxygen atoms in total. The van der Waals surface area contributed by atoms with Crippen LogP contribution in [0.15, 0.2) is 60.8 Å². The summed E-state index contributed by atoms with van der Waals surface area (Å²) in [6.07, 6.45) is 5.49. The number of piperazine rings is 1. The zero-order chi connectivity index (χ0) is 29.3. The SMILES string of the molecule is CCN1CCN(CCOc2ccc3cc2COC/C=C\CN(C(=O)Nc2c(C)cccc2C)c2ccnc(n2)N3)CC1. The van der Waals surface area contributed by atoms with Gasteiger partial charge in [-0.25, -0.2) is 9.78 Å². The maximum Gasteiger partial charge on any atom is 0.327 e. The van der Waals surface area contributed by atoms with E-state index in [1.807, 2.05) is 62.4 Å². The number of carbonyl (C=O) groups is 1. The van der Waals surface area contributed by atoms with Gasteiger partial charge in [-0.05, 0) is 55.8 Å². The summed E-state index contributed by atoms with van der Waals surface area (Å²) >= 11 is 0. The maximum atomic E-state index is 13.5. The number of ether oxygens (including phenoxy) is 2. The quantitative estimate of drug-likeness (QED) is 0.400. The number of aryl methyl sites for hydroxylation is 2. The zero-order valence-electron chi connectivity index (χ0n) is 24.8. The van der Waals surface area contributed by atoms with Gasteiger partial charge in [0.15, 0.2) is 0 Å². The highest BCUT2D eigenvalue weighted by Gasteiger charge is 2.19. The number of hydrogen-bond acceptors (Lipinski definition) is 8. The fourth-order valence-corrected chi connectivity index (χ4v) is 5.16. The van der Waals surface area contributed by atoms with Crippen LogP contribution in [0.25, 0.3) is 0 Å². The van der Waals surface area contributed by atoms with Crippen LogP contribution < -0.4 is 20.3 Å². The third-order valence-corrected chi connectivity index (χ3v) is 7.70. The van der Waals surface area contributed by atoms with Crippen LogP contribution in [-0.4, -0.2) is 84.8 Å². The smallest absolute Gasteiger partial charge is 0.327 e. The van der Waals surface area contributed by atoms with Crippen LogP contribution in [0.1, 0.15) is 23.6 Å². The Morgan fingerprint density at radius 2 is 1.83 bits per heavy atom. The normalized spacial score (nSPS) is 17.2. The van der Waals surface area contributed by atoms with Crippen LogP contribution in [0, 0.1) is 13.8 Å². The molecule has 10 heteroatoms. The Hall–Kier alpha value is -3.99. The number of nitrogens with one attached hydrogen (secondary N) is 2. The monoisotopic (exact) mass is 571 g/mol. The second-order valence-corrected chi connectivity index (χ2v) is 10.6. The van der Waals surface area contributed by atoms with Crippen molar-refractivity contribution in [2.24, 2.45) is 0 Å². The number of anilines is 4. The Morgan fingerprint density at radius 3 is 2.62 bits per heavy atom. The fraction of sp³-hybridized carbons (Fsp3) is 0.406. The Kier molecular flexibility index (Phi) is 10.0. The molecule has 0 radical (unpaired) electrons. The van der Waals surface area contributed by atoms with Gasteiger partial charge in [0.25, 0.3) is 0 Å². The van der Waals surface area contributed by atoms with Gasteiger partial charge in [0, 0.05) is 62.4 Å². The highest BCUT2D eigenvalue weighted by Crippen LogP contribution is 2.27. The van der Waals surface area contributed by atoms with Crippen LogP contribution in [0.4, 0.5) is 27.9 Å². The molecule has 1 aromatic heterocycles. The lowest BCUT2D eigenvalue weighted by molar-refractivity contribution is 0.118. The average Bonchev–Trinajstić information content (AvgIpc) is 2.99. The van der Waals surface area contributed by atoms with Crippen molar-refractivity contribution in [2.75, 3.05) is 74.6 Å². The summed E-state index contributed by atoms with van der Waals surface area (Å²) in [6, 6.07) is 13.3. The number of amides is 2. The van der Waals surface area contributed by atoms with Gasteiger partial charge in [0.2, 0.25) is 5.95 Å². The Labute approximate surface area is 248 Å². The van der Waals surface area contributed by atoms with E-state index in [1.165, 1.54) is 0 Å². The lowest BCUT2D eigenvalue weighted by Crippen LogP contribution is -2.47. The highest BCUT2D eigenvalue weighted by molar-refractivity contribution is 6.02. The molecular weight excluding hydrogens is 530 g/mol. The second-order valence-electron chi connectivity index (χ2n) is 10.6. The van der Waals surface area contributed by atoms with E-state index in [9.17, 15) is 4.79 Å². The first kappa shape index (κ1) is 29.5. The summed E-state index contributed by atoms with van der Waals surface area (Å²) in [6.45, 7) is 14.3. The molecule has 0 saturated carbocycles. The minimum Gasteiger partial charge on any atom is -0.492 e. The minimum absolute atomic E-state index is 0.272. The van der Waals surface area contributed by atoms with E-state index < -0.39 is 0 Å². The number of fused-ring (bicyclic) bond motifs is 4. The average molecular weight is 572 g/mol. The Balaban J connectivity index is 1.30. The lowest BCUT2D eigenvalue weighted by Gasteiger charge is -2.33. The number of para-hydroxylation sites is 1. The molecule has 42 heavy (non-hydrogen) atoms.